The van der Waals surface area contributed by atoms with Crippen LogP contribution < -0.4 is 0 Å². The van der Waals surface area contributed by atoms with E-state index in [0.29, 0.717) is 30.6 Å². The van der Waals surface area contributed by atoms with Gasteiger partial charge in [-0.05, 0) is 49.9 Å². The van der Waals surface area contributed by atoms with Crippen LogP contribution in [0.4, 0.5) is 0 Å². The molecule has 0 saturated heterocycles. The molecule has 2 nitrogen and oxygen atoms in total. The molecule has 86 valence electrons. The Morgan fingerprint density at radius 3 is 2.25 bits per heavy atom. The van der Waals surface area contributed by atoms with Crippen LogP contribution in [-0.2, 0) is 0 Å². The van der Waals surface area contributed by atoms with Crippen molar-refractivity contribution in [3.63, 3.8) is 0 Å². The van der Waals surface area contributed by atoms with Crippen molar-refractivity contribution in [2.24, 2.45) is 17.8 Å². The molecule has 1 rings (SSSR count). The second-order valence-corrected chi connectivity index (χ2v) is 4.72. The molecule has 0 radical (unpaired) electrons. The van der Waals surface area contributed by atoms with Gasteiger partial charge in [0.25, 0.3) is 0 Å². The summed E-state index contributed by atoms with van der Waals surface area (Å²) in [5.74, 6) is 1.91. The van der Waals surface area contributed by atoms with Crippen LogP contribution in [0, 0.1) is 40.4 Å². The molecule has 3 atom stereocenters. The van der Waals surface area contributed by atoms with Crippen molar-refractivity contribution in [2.45, 2.75) is 44.9 Å². The van der Waals surface area contributed by atoms with Gasteiger partial charge in [-0.1, -0.05) is 6.08 Å². The fraction of sp³-hybridized carbons (Fsp3) is 0.714. The molecule has 1 fully saturated rings. The van der Waals surface area contributed by atoms with Crippen LogP contribution in [0.25, 0.3) is 0 Å². The van der Waals surface area contributed by atoms with Crippen molar-refractivity contribution in [1.29, 1.82) is 10.5 Å². The Bertz CT molecular complexity index is 295. The fourth-order valence-electron chi connectivity index (χ4n) is 2.81. The highest BCUT2D eigenvalue weighted by molar-refractivity contribution is 4.90. The third-order valence-electron chi connectivity index (χ3n) is 3.77. The van der Waals surface area contributed by atoms with Gasteiger partial charge < -0.3 is 0 Å². The summed E-state index contributed by atoms with van der Waals surface area (Å²) >= 11 is 0. The highest BCUT2D eigenvalue weighted by Gasteiger charge is 2.28. The Morgan fingerprint density at radius 1 is 1.06 bits per heavy atom. The van der Waals surface area contributed by atoms with Crippen molar-refractivity contribution in [3.8, 4) is 12.1 Å². The van der Waals surface area contributed by atoms with Crippen LogP contribution in [0.2, 0.25) is 0 Å². The van der Waals surface area contributed by atoms with Gasteiger partial charge in [0.1, 0.15) is 0 Å². The zero-order valence-electron chi connectivity index (χ0n) is 9.86. The van der Waals surface area contributed by atoms with Crippen molar-refractivity contribution in [2.75, 3.05) is 0 Å². The normalized spacial score (nSPS) is 29.0. The van der Waals surface area contributed by atoms with E-state index in [1.807, 2.05) is 0 Å². The number of hydrogen-bond acceptors (Lipinski definition) is 2. The van der Waals surface area contributed by atoms with Gasteiger partial charge in [0, 0.05) is 12.8 Å². The molecule has 0 heterocycles. The monoisotopic (exact) mass is 216 g/mol. The predicted octanol–water partition coefficient (Wildman–Crippen LogP) is 3.81. The zero-order chi connectivity index (χ0) is 11.8. The van der Waals surface area contributed by atoms with E-state index in [4.69, 9.17) is 10.5 Å². The van der Waals surface area contributed by atoms with Crippen LogP contribution in [0.3, 0.4) is 0 Å². The minimum absolute atomic E-state index is 0.627. The molecule has 0 aromatic rings. The molecule has 0 aliphatic heterocycles. The summed E-state index contributed by atoms with van der Waals surface area (Å²) in [6.07, 6.45) is 8.95. The molecule has 16 heavy (non-hydrogen) atoms. The van der Waals surface area contributed by atoms with Gasteiger partial charge in [0.05, 0.1) is 12.1 Å². The summed E-state index contributed by atoms with van der Waals surface area (Å²) in [5, 5.41) is 17.3. The van der Waals surface area contributed by atoms with E-state index in [-0.39, 0.29) is 0 Å². The van der Waals surface area contributed by atoms with Crippen molar-refractivity contribution in [1.82, 2.24) is 0 Å². The lowest BCUT2D eigenvalue weighted by Crippen LogP contribution is -2.24. The van der Waals surface area contributed by atoms with Crippen LogP contribution >= 0.6 is 0 Å². The first-order chi connectivity index (χ1) is 7.81. The highest BCUT2D eigenvalue weighted by Crippen LogP contribution is 2.39. The SMILES string of the molecule is C=CC1CCC(CCC#N)C(CCC#N)C1. The molecule has 0 spiro atoms. The quantitative estimate of drug-likeness (QED) is 0.656. The molecule has 1 aliphatic rings. The third kappa shape index (κ3) is 3.70. The summed E-state index contributed by atoms with van der Waals surface area (Å²) < 4.78 is 0. The van der Waals surface area contributed by atoms with E-state index >= 15 is 0 Å². The van der Waals surface area contributed by atoms with Crippen LogP contribution in [0.15, 0.2) is 12.7 Å². The maximum absolute atomic E-state index is 8.66. The lowest BCUT2D eigenvalue weighted by Gasteiger charge is -2.34. The first-order valence-electron chi connectivity index (χ1n) is 6.18. The molecule has 0 aromatic heterocycles. The number of hydrogen-bond donors (Lipinski definition) is 0. The largest absolute Gasteiger partial charge is 0.198 e. The summed E-state index contributed by atoms with van der Waals surface area (Å²) in [7, 11) is 0. The molecule has 0 aromatic carbocycles. The predicted molar refractivity (Wildman–Crippen MR) is 64.2 cm³/mol. The molecule has 0 amide bonds. The average molecular weight is 216 g/mol. The second kappa shape index (κ2) is 7.07. The first kappa shape index (κ1) is 12.8. The number of nitrogens with zero attached hydrogens (tertiary/aromatic N) is 2. The molecule has 1 saturated carbocycles. The Hall–Kier alpha value is -1.28. The minimum Gasteiger partial charge on any atom is -0.198 e. The standard InChI is InChI=1S/C14H20N2/c1-2-12-7-8-13(5-3-9-15)14(11-12)6-4-10-16/h2,12-14H,1,3-8,11H2. The van der Waals surface area contributed by atoms with Crippen LogP contribution in [0.5, 0.6) is 0 Å². The molecule has 0 bridgehead atoms. The summed E-state index contributed by atoms with van der Waals surface area (Å²) in [6, 6.07) is 4.47. The Morgan fingerprint density at radius 2 is 1.69 bits per heavy atom. The van der Waals surface area contributed by atoms with Gasteiger partial charge in [0.15, 0.2) is 0 Å². The lowest BCUT2D eigenvalue weighted by atomic mass is 9.71. The first-order valence-corrected chi connectivity index (χ1v) is 6.18. The topological polar surface area (TPSA) is 47.6 Å². The minimum atomic E-state index is 0.627. The van der Waals surface area contributed by atoms with E-state index in [0.717, 1.165) is 12.8 Å². The third-order valence-corrected chi connectivity index (χ3v) is 3.77. The smallest absolute Gasteiger partial charge is 0.0621 e. The molecule has 1 aliphatic carbocycles. The van der Waals surface area contributed by atoms with E-state index < -0.39 is 0 Å². The summed E-state index contributed by atoms with van der Waals surface area (Å²) in [5.41, 5.74) is 0. The summed E-state index contributed by atoms with van der Waals surface area (Å²) in [4.78, 5) is 0. The Balaban J connectivity index is 2.50. The molecular weight excluding hydrogens is 196 g/mol. The van der Waals surface area contributed by atoms with E-state index in [1.165, 1.54) is 19.3 Å². The van der Waals surface area contributed by atoms with Gasteiger partial charge in [-0.25, -0.2) is 0 Å². The van der Waals surface area contributed by atoms with Gasteiger partial charge in [-0.3, -0.25) is 0 Å². The van der Waals surface area contributed by atoms with Crippen LogP contribution in [-0.4, -0.2) is 0 Å². The number of nitriles is 2. The van der Waals surface area contributed by atoms with Crippen LogP contribution in [0.1, 0.15) is 44.9 Å². The van der Waals surface area contributed by atoms with E-state index in [2.05, 4.69) is 24.8 Å². The van der Waals surface area contributed by atoms with Crippen molar-refractivity contribution >= 4 is 0 Å². The van der Waals surface area contributed by atoms with E-state index in [9.17, 15) is 0 Å². The van der Waals surface area contributed by atoms with E-state index in [1.54, 1.807) is 0 Å². The highest BCUT2D eigenvalue weighted by atomic mass is 14.3. The fourth-order valence-corrected chi connectivity index (χ4v) is 2.81. The van der Waals surface area contributed by atoms with Gasteiger partial charge in [0.2, 0.25) is 0 Å². The molecular formula is C14H20N2. The zero-order valence-corrected chi connectivity index (χ0v) is 9.86. The second-order valence-electron chi connectivity index (χ2n) is 4.72. The molecule has 3 unspecified atom stereocenters. The van der Waals surface area contributed by atoms with Crippen molar-refractivity contribution in [3.05, 3.63) is 12.7 Å². The number of allylic oxidation sites excluding steroid dienone is 1. The average Bonchev–Trinajstić information content (AvgIpc) is 2.34. The lowest BCUT2D eigenvalue weighted by molar-refractivity contribution is 0.184. The maximum Gasteiger partial charge on any atom is 0.0621 e. The molecule has 0 N–H and O–H groups in total. The van der Waals surface area contributed by atoms with Gasteiger partial charge in [-0.2, -0.15) is 10.5 Å². The Kier molecular flexibility index (Phi) is 5.65. The van der Waals surface area contributed by atoms with Crippen molar-refractivity contribution < 1.29 is 0 Å². The number of rotatable bonds is 5. The maximum atomic E-state index is 8.66. The van der Waals surface area contributed by atoms with Gasteiger partial charge in [-0.15, -0.1) is 6.58 Å². The van der Waals surface area contributed by atoms with Gasteiger partial charge >= 0.3 is 0 Å². The Labute approximate surface area is 98.6 Å². The molecule has 2 heteroatoms. The summed E-state index contributed by atoms with van der Waals surface area (Å²) in [6.45, 7) is 3.87.